The van der Waals surface area contributed by atoms with Crippen molar-refractivity contribution < 1.29 is 4.39 Å². The smallest absolute Gasteiger partial charge is 0.142 e. The van der Waals surface area contributed by atoms with Crippen molar-refractivity contribution in [1.29, 1.82) is 0 Å². The highest BCUT2D eigenvalue weighted by molar-refractivity contribution is 6.30. The van der Waals surface area contributed by atoms with Crippen LogP contribution in [0.3, 0.4) is 0 Å². The maximum absolute atomic E-state index is 13.2. The van der Waals surface area contributed by atoms with E-state index in [0.717, 1.165) is 31.5 Å². The van der Waals surface area contributed by atoms with Gasteiger partial charge in [-0.2, -0.15) is 0 Å². The third-order valence-corrected chi connectivity index (χ3v) is 3.20. The molecule has 1 aromatic carbocycles. The predicted molar refractivity (Wildman–Crippen MR) is 74.6 cm³/mol. The molecule has 1 N–H and O–H groups in total. The average molecular weight is 282 g/mol. The van der Waals surface area contributed by atoms with Gasteiger partial charge in [0.05, 0.1) is 11.3 Å². The van der Waals surface area contributed by atoms with Gasteiger partial charge in [0.25, 0.3) is 0 Å². The number of imidazole rings is 1. The molecule has 0 aliphatic heterocycles. The summed E-state index contributed by atoms with van der Waals surface area (Å²) < 4.78 is 15.3. The molecule has 0 aliphatic rings. The third kappa shape index (κ3) is 4.65. The number of rotatable bonds is 7. The predicted octanol–water partition coefficient (Wildman–Crippen LogP) is 3.25. The lowest BCUT2D eigenvalue weighted by atomic mass is 10.2. The van der Waals surface area contributed by atoms with Crippen LogP contribution in [0.5, 0.6) is 0 Å². The molecule has 0 amide bonds. The van der Waals surface area contributed by atoms with E-state index >= 15 is 0 Å². The monoisotopic (exact) mass is 281 g/mol. The van der Waals surface area contributed by atoms with E-state index in [1.165, 1.54) is 6.07 Å². The number of nitrogens with one attached hydrogen (secondary N) is 1. The molecule has 0 saturated carbocycles. The van der Waals surface area contributed by atoms with Crippen molar-refractivity contribution in [3.8, 4) is 0 Å². The molecule has 1 aromatic heterocycles. The van der Waals surface area contributed by atoms with Crippen LogP contribution in [-0.4, -0.2) is 16.1 Å². The Hall–Kier alpha value is -1.39. The standard InChI is InChI=1S/C14H17ClFN3/c15-13-4-3-12(9-14(13)16)10-17-5-1-2-7-19-8-6-18-11-19/h3-4,6,8-9,11,17H,1-2,5,7,10H2. The number of benzene rings is 1. The van der Waals surface area contributed by atoms with Crippen LogP contribution in [0.15, 0.2) is 36.9 Å². The Morgan fingerprint density at radius 1 is 1.32 bits per heavy atom. The average Bonchev–Trinajstić information content (AvgIpc) is 2.91. The summed E-state index contributed by atoms with van der Waals surface area (Å²) >= 11 is 5.63. The molecular formula is C14H17ClFN3. The van der Waals surface area contributed by atoms with Crippen LogP contribution >= 0.6 is 11.6 Å². The maximum atomic E-state index is 13.2. The Bertz CT molecular complexity index is 499. The number of aromatic nitrogens is 2. The molecule has 0 saturated heterocycles. The largest absolute Gasteiger partial charge is 0.337 e. The summed E-state index contributed by atoms with van der Waals surface area (Å²) in [6, 6.07) is 4.90. The van der Waals surface area contributed by atoms with Crippen molar-refractivity contribution in [1.82, 2.24) is 14.9 Å². The fraction of sp³-hybridized carbons (Fsp3) is 0.357. The molecule has 2 rings (SSSR count). The van der Waals surface area contributed by atoms with E-state index in [9.17, 15) is 4.39 Å². The van der Waals surface area contributed by atoms with Crippen molar-refractivity contribution >= 4 is 11.6 Å². The second kappa shape index (κ2) is 7.26. The highest BCUT2D eigenvalue weighted by atomic mass is 35.5. The molecule has 0 atom stereocenters. The Morgan fingerprint density at radius 2 is 2.21 bits per heavy atom. The first-order chi connectivity index (χ1) is 9.25. The SMILES string of the molecule is Fc1cc(CNCCCCn2ccnc2)ccc1Cl. The minimum Gasteiger partial charge on any atom is -0.337 e. The van der Waals surface area contributed by atoms with E-state index in [1.807, 2.05) is 18.6 Å². The molecule has 3 nitrogen and oxygen atoms in total. The number of halogens is 2. The van der Waals surface area contributed by atoms with E-state index < -0.39 is 0 Å². The van der Waals surface area contributed by atoms with Gasteiger partial charge in [-0.15, -0.1) is 0 Å². The van der Waals surface area contributed by atoms with Gasteiger partial charge in [0, 0.05) is 25.5 Å². The Morgan fingerprint density at radius 3 is 2.95 bits per heavy atom. The van der Waals surface area contributed by atoms with Gasteiger partial charge < -0.3 is 9.88 Å². The van der Waals surface area contributed by atoms with Gasteiger partial charge in [-0.3, -0.25) is 0 Å². The molecule has 0 spiro atoms. The first kappa shape index (κ1) is 14.0. The molecule has 0 bridgehead atoms. The van der Waals surface area contributed by atoms with Crippen molar-refractivity contribution in [3.05, 3.63) is 53.3 Å². The molecule has 1 heterocycles. The van der Waals surface area contributed by atoms with Crippen molar-refractivity contribution in [2.45, 2.75) is 25.9 Å². The van der Waals surface area contributed by atoms with Gasteiger partial charge in [0.2, 0.25) is 0 Å². The zero-order valence-electron chi connectivity index (χ0n) is 10.6. The van der Waals surface area contributed by atoms with E-state index in [1.54, 1.807) is 12.3 Å². The molecule has 0 radical (unpaired) electrons. The second-order valence-corrected chi connectivity index (χ2v) is 4.84. The van der Waals surface area contributed by atoms with Crippen LogP contribution in [0, 0.1) is 5.82 Å². The van der Waals surface area contributed by atoms with Gasteiger partial charge >= 0.3 is 0 Å². The molecule has 0 unspecified atom stereocenters. The lowest BCUT2D eigenvalue weighted by Gasteiger charge is -2.06. The number of nitrogens with zero attached hydrogens (tertiary/aromatic N) is 2. The van der Waals surface area contributed by atoms with E-state index in [4.69, 9.17) is 11.6 Å². The fourth-order valence-corrected chi connectivity index (χ4v) is 1.96. The van der Waals surface area contributed by atoms with Crippen LogP contribution in [0.2, 0.25) is 5.02 Å². The molecule has 0 fully saturated rings. The number of hydrogen-bond donors (Lipinski definition) is 1. The van der Waals surface area contributed by atoms with Crippen molar-refractivity contribution in [3.63, 3.8) is 0 Å². The lowest BCUT2D eigenvalue weighted by Crippen LogP contribution is -2.15. The summed E-state index contributed by atoms with van der Waals surface area (Å²) in [5, 5.41) is 3.46. The van der Waals surface area contributed by atoms with Crippen molar-refractivity contribution in [2.24, 2.45) is 0 Å². The van der Waals surface area contributed by atoms with Crippen molar-refractivity contribution in [2.75, 3.05) is 6.54 Å². The normalized spacial score (nSPS) is 10.8. The minimum atomic E-state index is -0.360. The van der Waals surface area contributed by atoms with Crippen LogP contribution in [0.25, 0.3) is 0 Å². The molecule has 0 aliphatic carbocycles. The van der Waals surface area contributed by atoms with Gasteiger partial charge in [0.15, 0.2) is 0 Å². The summed E-state index contributed by atoms with van der Waals surface area (Å²) in [6.45, 7) is 2.56. The maximum Gasteiger partial charge on any atom is 0.142 e. The Balaban J connectivity index is 1.60. The summed E-state index contributed by atoms with van der Waals surface area (Å²) in [7, 11) is 0. The molecule has 5 heteroatoms. The third-order valence-electron chi connectivity index (χ3n) is 2.89. The first-order valence-electron chi connectivity index (χ1n) is 6.36. The fourth-order valence-electron chi connectivity index (χ4n) is 1.85. The zero-order valence-corrected chi connectivity index (χ0v) is 11.4. The first-order valence-corrected chi connectivity index (χ1v) is 6.74. The number of aryl methyl sites for hydroxylation is 1. The Labute approximate surface area is 117 Å². The number of hydrogen-bond acceptors (Lipinski definition) is 2. The van der Waals surface area contributed by atoms with Gasteiger partial charge in [0.1, 0.15) is 5.82 Å². The zero-order chi connectivity index (χ0) is 13.5. The molecule has 2 aromatic rings. The van der Waals surface area contributed by atoms with E-state index in [2.05, 4.69) is 14.9 Å². The topological polar surface area (TPSA) is 29.9 Å². The highest BCUT2D eigenvalue weighted by Gasteiger charge is 2.00. The van der Waals surface area contributed by atoms with Crippen LogP contribution < -0.4 is 5.32 Å². The quantitative estimate of drug-likeness (QED) is 0.790. The van der Waals surface area contributed by atoms with E-state index in [0.29, 0.717) is 6.54 Å². The van der Waals surface area contributed by atoms with Crippen LogP contribution in [0.4, 0.5) is 4.39 Å². The summed E-state index contributed by atoms with van der Waals surface area (Å²) in [6.07, 6.45) is 7.74. The van der Waals surface area contributed by atoms with Gasteiger partial charge in [-0.1, -0.05) is 17.7 Å². The summed E-state index contributed by atoms with van der Waals surface area (Å²) in [5.74, 6) is -0.360. The summed E-state index contributed by atoms with van der Waals surface area (Å²) in [5.41, 5.74) is 0.913. The molecule has 102 valence electrons. The molecular weight excluding hydrogens is 265 g/mol. The van der Waals surface area contributed by atoms with Gasteiger partial charge in [-0.25, -0.2) is 9.37 Å². The summed E-state index contributed by atoms with van der Waals surface area (Å²) in [4.78, 5) is 3.99. The van der Waals surface area contributed by atoms with E-state index in [-0.39, 0.29) is 10.8 Å². The lowest BCUT2D eigenvalue weighted by molar-refractivity contribution is 0.566. The minimum absolute atomic E-state index is 0.170. The second-order valence-electron chi connectivity index (χ2n) is 4.43. The Kier molecular flexibility index (Phi) is 5.36. The van der Waals surface area contributed by atoms with Crippen LogP contribution in [-0.2, 0) is 13.1 Å². The molecule has 19 heavy (non-hydrogen) atoms. The number of unbranched alkanes of at least 4 members (excludes halogenated alkanes) is 1. The van der Waals surface area contributed by atoms with Crippen LogP contribution in [0.1, 0.15) is 18.4 Å². The highest BCUT2D eigenvalue weighted by Crippen LogP contribution is 2.15. The van der Waals surface area contributed by atoms with Gasteiger partial charge in [-0.05, 0) is 37.1 Å².